The first-order valence-corrected chi connectivity index (χ1v) is 7.50. The van der Waals surface area contributed by atoms with Crippen LogP contribution in [0, 0.1) is 6.92 Å². The third-order valence-corrected chi connectivity index (χ3v) is 3.53. The van der Waals surface area contributed by atoms with Gasteiger partial charge < -0.3 is 15.4 Å². The highest BCUT2D eigenvalue weighted by Gasteiger charge is 2.03. The SMILES string of the molecule is CN=C(NCCOC)NCc1ccc(C)cc1SC.I. The second kappa shape index (κ2) is 11.2. The maximum absolute atomic E-state index is 5.00. The summed E-state index contributed by atoms with van der Waals surface area (Å²) < 4.78 is 5.00. The molecule has 0 bridgehead atoms. The van der Waals surface area contributed by atoms with Crippen molar-refractivity contribution in [3.05, 3.63) is 29.3 Å². The number of halogens is 1. The van der Waals surface area contributed by atoms with Crippen LogP contribution in [0.3, 0.4) is 0 Å². The molecule has 0 atom stereocenters. The molecule has 0 aliphatic rings. The molecule has 1 aromatic carbocycles. The molecular weight excluding hydrogens is 385 g/mol. The van der Waals surface area contributed by atoms with Crippen molar-refractivity contribution in [2.75, 3.05) is 33.6 Å². The number of aryl methyl sites for hydroxylation is 1. The summed E-state index contributed by atoms with van der Waals surface area (Å²) in [6, 6.07) is 6.51. The van der Waals surface area contributed by atoms with Gasteiger partial charge in [-0.15, -0.1) is 35.7 Å². The molecule has 0 saturated heterocycles. The quantitative estimate of drug-likeness (QED) is 0.249. The summed E-state index contributed by atoms with van der Waals surface area (Å²) in [6.07, 6.45) is 2.10. The molecule has 0 unspecified atom stereocenters. The van der Waals surface area contributed by atoms with Crippen LogP contribution in [-0.2, 0) is 11.3 Å². The molecule has 0 aliphatic heterocycles. The fraction of sp³-hybridized carbons (Fsp3) is 0.500. The summed E-state index contributed by atoms with van der Waals surface area (Å²) >= 11 is 1.77. The topological polar surface area (TPSA) is 45.7 Å². The number of guanidine groups is 1. The number of nitrogens with zero attached hydrogens (tertiary/aromatic N) is 1. The van der Waals surface area contributed by atoms with Crippen LogP contribution in [0.15, 0.2) is 28.1 Å². The van der Waals surface area contributed by atoms with E-state index in [1.165, 1.54) is 16.0 Å². The van der Waals surface area contributed by atoms with Crippen LogP contribution in [-0.4, -0.2) is 39.5 Å². The van der Waals surface area contributed by atoms with Crippen molar-refractivity contribution in [3.8, 4) is 0 Å². The first kappa shape index (κ1) is 19.5. The molecule has 0 aliphatic carbocycles. The van der Waals surface area contributed by atoms with E-state index in [1.807, 2.05) is 0 Å². The maximum Gasteiger partial charge on any atom is 0.191 e. The van der Waals surface area contributed by atoms with Crippen molar-refractivity contribution >= 4 is 41.7 Å². The molecule has 0 heterocycles. The molecule has 114 valence electrons. The second-order valence-electron chi connectivity index (χ2n) is 4.16. The van der Waals surface area contributed by atoms with Gasteiger partial charge in [0.2, 0.25) is 0 Å². The third-order valence-electron chi connectivity index (χ3n) is 2.71. The maximum atomic E-state index is 5.00. The predicted octanol–water partition coefficient (Wildman–Crippen LogP) is 2.65. The van der Waals surface area contributed by atoms with Crippen LogP contribution in [0.2, 0.25) is 0 Å². The monoisotopic (exact) mass is 409 g/mol. The Morgan fingerprint density at radius 1 is 1.35 bits per heavy atom. The molecule has 0 amide bonds. The lowest BCUT2D eigenvalue weighted by Gasteiger charge is -2.13. The summed E-state index contributed by atoms with van der Waals surface area (Å²) in [4.78, 5) is 5.49. The Morgan fingerprint density at radius 3 is 2.70 bits per heavy atom. The number of thioether (sulfide) groups is 1. The van der Waals surface area contributed by atoms with Crippen molar-refractivity contribution < 1.29 is 4.74 Å². The van der Waals surface area contributed by atoms with Crippen LogP contribution in [0.25, 0.3) is 0 Å². The Kier molecular flexibility index (Phi) is 11.0. The summed E-state index contributed by atoms with van der Waals surface area (Å²) in [5, 5.41) is 6.51. The summed E-state index contributed by atoms with van der Waals surface area (Å²) in [5.74, 6) is 0.796. The summed E-state index contributed by atoms with van der Waals surface area (Å²) in [7, 11) is 3.46. The number of aliphatic imine (C=N–C) groups is 1. The highest BCUT2D eigenvalue weighted by atomic mass is 127. The lowest BCUT2D eigenvalue weighted by atomic mass is 10.1. The number of benzene rings is 1. The van der Waals surface area contributed by atoms with Crippen LogP contribution in [0.1, 0.15) is 11.1 Å². The zero-order chi connectivity index (χ0) is 14.1. The van der Waals surface area contributed by atoms with Crippen molar-refractivity contribution in [1.29, 1.82) is 0 Å². The van der Waals surface area contributed by atoms with Crippen molar-refractivity contribution in [2.45, 2.75) is 18.4 Å². The summed E-state index contributed by atoms with van der Waals surface area (Å²) in [5.41, 5.74) is 2.57. The van der Waals surface area contributed by atoms with Gasteiger partial charge in [-0.05, 0) is 30.4 Å². The fourth-order valence-corrected chi connectivity index (χ4v) is 2.38. The minimum absolute atomic E-state index is 0. The molecule has 0 spiro atoms. The van der Waals surface area contributed by atoms with Gasteiger partial charge >= 0.3 is 0 Å². The molecular formula is C14H24IN3OS. The van der Waals surface area contributed by atoms with Gasteiger partial charge in [0.15, 0.2) is 5.96 Å². The highest BCUT2D eigenvalue weighted by Crippen LogP contribution is 2.21. The molecule has 1 rings (SSSR count). The van der Waals surface area contributed by atoms with Crippen molar-refractivity contribution in [3.63, 3.8) is 0 Å². The second-order valence-corrected chi connectivity index (χ2v) is 5.01. The Morgan fingerprint density at radius 2 is 2.10 bits per heavy atom. The van der Waals surface area contributed by atoms with Gasteiger partial charge in [0.25, 0.3) is 0 Å². The van der Waals surface area contributed by atoms with E-state index < -0.39 is 0 Å². The zero-order valence-corrected chi connectivity index (χ0v) is 15.7. The molecule has 0 saturated carbocycles. The number of hydrogen-bond acceptors (Lipinski definition) is 3. The fourth-order valence-electron chi connectivity index (χ4n) is 1.67. The molecule has 6 heteroatoms. The van der Waals surface area contributed by atoms with Gasteiger partial charge in [0.1, 0.15) is 0 Å². The van der Waals surface area contributed by atoms with Crippen molar-refractivity contribution in [1.82, 2.24) is 10.6 Å². The van der Waals surface area contributed by atoms with E-state index >= 15 is 0 Å². The van der Waals surface area contributed by atoms with Crippen molar-refractivity contribution in [2.24, 2.45) is 4.99 Å². The lowest BCUT2D eigenvalue weighted by molar-refractivity contribution is 0.203. The molecule has 0 aromatic heterocycles. The van der Waals surface area contributed by atoms with E-state index in [9.17, 15) is 0 Å². The smallest absolute Gasteiger partial charge is 0.191 e. The van der Waals surface area contributed by atoms with Gasteiger partial charge in [0, 0.05) is 32.1 Å². The first-order chi connectivity index (χ1) is 9.21. The van der Waals surface area contributed by atoms with Crippen LogP contribution < -0.4 is 10.6 Å². The van der Waals surface area contributed by atoms with E-state index in [2.05, 4.69) is 47.0 Å². The summed E-state index contributed by atoms with van der Waals surface area (Å²) in [6.45, 7) is 4.30. The predicted molar refractivity (Wildman–Crippen MR) is 98.5 cm³/mol. The molecule has 0 radical (unpaired) electrons. The van der Waals surface area contributed by atoms with E-state index in [-0.39, 0.29) is 24.0 Å². The highest BCUT2D eigenvalue weighted by molar-refractivity contribution is 14.0. The van der Waals surface area contributed by atoms with Crippen LogP contribution >= 0.6 is 35.7 Å². The largest absolute Gasteiger partial charge is 0.383 e. The van der Waals surface area contributed by atoms with Gasteiger partial charge in [0.05, 0.1) is 6.61 Å². The first-order valence-electron chi connectivity index (χ1n) is 6.28. The lowest BCUT2D eigenvalue weighted by Crippen LogP contribution is -2.38. The number of ether oxygens (including phenoxy) is 1. The molecule has 1 aromatic rings. The Balaban J connectivity index is 0.00000361. The third kappa shape index (κ3) is 6.81. The Bertz CT molecular complexity index is 427. The standard InChI is InChI=1S/C14H23N3OS.HI/c1-11-5-6-12(13(9-11)19-4)10-17-14(15-2)16-7-8-18-3;/h5-6,9H,7-8,10H2,1-4H3,(H2,15,16,17);1H. The van der Waals surface area contributed by atoms with E-state index in [0.717, 1.165) is 19.0 Å². The minimum atomic E-state index is 0. The number of hydrogen-bond donors (Lipinski definition) is 2. The number of methoxy groups -OCH3 is 1. The van der Waals surface area contributed by atoms with Gasteiger partial charge in [-0.3, -0.25) is 4.99 Å². The molecule has 4 nitrogen and oxygen atoms in total. The Hall–Kier alpha value is -0.470. The normalized spacial score (nSPS) is 10.9. The van der Waals surface area contributed by atoms with E-state index in [4.69, 9.17) is 4.74 Å². The van der Waals surface area contributed by atoms with Gasteiger partial charge in [-0.25, -0.2) is 0 Å². The van der Waals surface area contributed by atoms with E-state index in [0.29, 0.717) is 6.61 Å². The minimum Gasteiger partial charge on any atom is -0.383 e. The zero-order valence-electron chi connectivity index (χ0n) is 12.5. The molecule has 0 fully saturated rings. The van der Waals surface area contributed by atoms with Crippen LogP contribution in [0.4, 0.5) is 0 Å². The van der Waals surface area contributed by atoms with Crippen LogP contribution in [0.5, 0.6) is 0 Å². The average molecular weight is 409 g/mol. The number of nitrogens with one attached hydrogen (secondary N) is 2. The average Bonchev–Trinajstić information content (AvgIpc) is 2.43. The van der Waals surface area contributed by atoms with Gasteiger partial charge in [-0.1, -0.05) is 12.1 Å². The Labute approximate surface area is 143 Å². The van der Waals surface area contributed by atoms with Gasteiger partial charge in [-0.2, -0.15) is 0 Å². The molecule has 20 heavy (non-hydrogen) atoms. The van der Waals surface area contributed by atoms with E-state index in [1.54, 1.807) is 25.9 Å². The number of rotatable bonds is 6. The molecule has 2 N–H and O–H groups in total.